The molecule has 0 aliphatic carbocycles. The number of hydrogen-bond acceptors (Lipinski definition) is 4. The highest BCUT2D eigenvalue weighted by atomic mass is 79.9. The van der Waals surface area contributed by atoms with Crippen LogP contribution in [0.1, 0.15) is 0 Å². The van der Waals surface area contributed by atoms with Gasteiger partial charge in [-0.1, -0.05) is 80.4 Å². The zero-order valence-corrected chi connectivity index (χ0v) is 23.5. The standard InChI is InChI=1S/C32H14Br2N2O4/c33-21-9-15-1-3-19-13-25(35(37)38)31(23-7-5-17(11-21)27(15)29(19)23)32-24-8-6-18-12-22(34)10-16-2-4-20(30(24)28(16)18)14-26(32)36(39)40/h1-14H. The molecule has 0 N–H and O–H groups in total. The fourth-order valence-corrected chi connectivity index (χ4v) is 7.48. The van der Waals surface area contributed by atoms with Gasteiger partial charge in [0.25, 0.3) is 11.4 Å². The van der Waals surface area contributed by atoms with Crippen molar-refractivity contribution in [3.05, 3.63) is 114 Å². The maximum atomic E-state index is 12.6. The Hall–Kier alpha value is -4.40. The van der Waals surface area contributed by atoms with Crippen LogP contribution in [0.3, 0.4) is 0 Å². The fourth-order valence-electron chi connectivity index (χ4n) is 6.50. The average molecular weight is 650 g/mol. The third-order valence-corrected chi connectivity index (χ3v) is 8.88. The molecule has 0 saturated heterocycles. The molecule has 6 nitrogen and oxygen atoms in total. The van der Waals surface area contributed by atoms with Crippen molar-refractivity contribution in [2.45, 2.75) is 0 Å². The normalized spacial score (nSPS) is 12.2. The van der Waals surface area contributed by atoms with Crippen molar-refractivity contribution in [1.82, 2.24) is 0 Å². The molecule has 0 amide bonds. The van der Waals surface area contributed by atoms with Crippen molar-refractivity contribution in [1.29, 1.82) is 0 Å². The summed E-state index contributed by atoms with van der Waals surface area (Å²) in [7, 11) is 0. The number of nitro benzene ring substituents is 2. The van der Waals surface area contributed by atoms with E-state index in [1.807, 2.05) is 72.8 Å². The molecule has 8 aromatic rings. The predicted molar refractivity (Wildman–Crippen MR) is 168 cm³/mol. The summed E-state index contributed by atoms with van der Waals surface area (Å²) in [6.07, 6.45) is 0. The van der Waals surface area contributed by atoms with Gasteiger partial charge in [-0.05, 0) is 88.9 Å². The summed E-state index contributed by atoms with van der Waals surface area (Å²) in [5.74, 6) is 0. The van der Waals surface area contributed by atoms with Crippen molar-refractivity contribution in [3.63, 3.8) is 0 Å². The topological polar surface area (TPSA) is 86.3 Å². The SMILES string of the molecule is O=[N+]([O-])c1cc2ccc3cc(Br)cc4ccc(c1-c1c([N+](=O)[O-])cc5ccc6cc(Br)cc7ccc1c5c67)c2c34. The first-order valence-corrected chi connectivity index (χ1v) is 14.0. The molecule has 190 valence electrons. The molecule has 8 heteroatoms. The van der Waals surface area contributed by atoms with Gasteiger partial charge in [-0.3, -0.25) is 20.2 Å². The van der Waals surface area contributed by atoms with Crippen LogP contribution >= 0.6 is 31.9 Å². The number of nitro groups is 2. The molecule has 0 aliphatic heterocycles. The maximum Gasteiger partial charge on any atom is 0.278 e. The highest BCUT2D eigenvalue weighted by molar-refractivity contribution is 9.10. The lowest BCUT2D eigenvalue weighted by molar-refractivity contribution is -0.386. The monoisotopic (exact) mass is 648 g/mol. The summed E-state index contributed by atoms with van der Waals surface area (Å²) >= 11 is 7.16. The zero-order valence-electron chi connectivity index (χ0n) is 20.4. The number of rotatable bonds is 3. The minimum Gasteiger partial charge on any atom is -0.258 e. The van der Waals surface area contributed by atoms with Crippen LogP contribution in [0.5, 0.6) is 0 Å². The molecule has 0 aliphatic rings. The molecule has 0 atom stereocenters. The highest BCUT2D eigenvalue weighted by Crippen LogP contribution is 2.51. The van der Waals surface area contributed by atoms with Gasteiger partial charge in [0.15, 0.2) is 0 Å². The van der Waals surface area contributed by atoms with Gasteiger partial charge < -0.3 is 0 Å². The molecule has 0 unspecified atom stereocenters. The molecular weight excluding hydrogens is 636 g/mol. The lowest BCUT2D eigenvalue weighted by Crippen LogP contribution is -2.00. The van der Waals surface area contributed by atoms with Gasteiger partial charge in [0.2, 0.25) is 0 Å². The maximum absolute atomic E-state index is 12.6. The first-order valence-electron chi connectivity index (χ1n) is 12.4. The third-order valence-electron chi connectivity index (χ3n) is 7.97. The van der Waals surface area contributed by atoms with Gasteiger partial charge in [-0.2, -0.15) is 0 Å². The van der Waals surface area contributed by atoms with Crippen molar-refractivity contribution >= 4 is 108 Å². The summed E-state index contributed by atoms with van der Waals surface area (Å²) in [5.41, 5.74) is 0.210. The molecule has 0 aromatic heterocycles. The Morgan fingerprint density at radius 3 is 1.07 bits per heavy atom. The number of benzene rings is 8. The molecule has 8 aromatic carbocycles. The number of halogens is 2. The van der Waals surface area contributed by atoms with Crippen LogP contribution in [-0.4, -0.2) is 9.85 Å². The van der Waals surface area contributed by atoms with E-state index < -0.39 is 9.85 Å². The molecule has 0 radical (unpaired) electrons. The van der Waals surface area contributed by atoms with Crippen molar-refractivity contribution in [2.24, 2.45) is 0 Å². The van der Waals surface area contributed by atoms with E-state index >= 15 is 0 Å². The molecular formula is C32H14Br2N2O4. The molecule has 40 heavy (non-hydrogen) atoms. The lowest BCUT2D eigenvalue weighted by Gasteiger charge is -2.18. The molecule has 0 heterocycles. The first kappa shape index (κ1) is 23.5. The van der Waals surface area contributed by atoms with E-state index in [1.54, 1.807) is 12.1 Å². The second-order valence-corrected chi connectivity index (χ2v) is 11.9. The van der Waals surface area contributed by atoms with Crippen LogP contribution in [0.2, 0.25) is 0 Å². The van der Waals surface area contributed by atoms with E-state index in [0.29, 0.717) is 10.8 Å². The molecule has 0 fully saturated rings. The minimum atomic E-state index is -0.431. The largest absolute Gasteiger partial charge is 0.278 e. The zero-order chi connectivity index (χ0) is 27.4. The van der Waals surface area contributed by atoms with Gasteiger partial charge >= 0.3 is 0 Å². The summed E-state index contributed by atoms with van der Waals surface area (Å²) < 4.78 is 1.86. The summed E-state index contributed by atoms with van der Waals surface area (Å²) in [5, 5.41) is 35.5. The van der Waals surface area contributed by atoms with Crippen LogP contribution in [0.15, 0.2) is 93.9 Å². The van der Waals surface area contributed by atoms with Gasteiger partial charge in [-0.25, -0.2) is 0 Å². The van der Waals surface area contributed by atoms with Gasteiger partial charge in [0, 0.05) is 21.1 Å². The third kappa shape index (κ3) is 3.08. The highest BCUT2D eigenvalue weighted by Gasteiger charge is 2.31. The van der Waals surface area contributed by atoms with Crippen LogP contribution in [0.25, 0.3) is 75.8 Å². The van der Waals surface area contributed by atoms with E-state index in [1.165, 1.54) is 0 Å². The van der Waals surface area contributed by atoms with Crippen molar-refractivity contribution in [2.75, 3.05) is 0 Å². The summed E-state index contributed by atoms with van der Waals surface area (Å²) in [6.45, 7) is 0. The predicted octanol–water partition coefficient (Wildman–Crippen LogP) is 10.5. The average Bonchev–Trinajstić information content (AvgIpc) is 2.93. The molecule has 8 rings (SSSR count). The van der Waals surface area contributed by atoms with Crippen LogP contribution in [0.4, 0.5) is 11.4 Å². The van der Waals surface area contributed by atoms with Crippen LogP contribution < -0.4 is 0 Å². The molecule has 0 bridgehead atoms. The Morgan fingerprint density at radius 2 is 0.750 bits per heavy atom. The van der Waals surface area contributed by atoms with Crippen molar-refractivity contribution in [3.8, 4) is 11.1 Å². The van der Waals surface area contributed by atoms with E-state index in [2.05, 4.69) is 31.9 Å². The van der Waals surface area contributed by atoms with Crippen LogP contribution in [0, 0.1) is 20.2 Å². The summed E-state index contributed by atoms with van der Waals surface area (Å²) in [6, 6.07) is 26.4. The summed E-state index contributed by atoms with van der Waals surface area (Å²) in [4.78, 5) is 24.4. The second kappa shape index (κ2) is 8.06. The smallest absolute Gasteiger partial charge is 0.258 e. The van der Waals surface area contributed by atoms with Gasteiger partial charge in [0.05, 0.1) is 21.0 Å². The Kier molecular flexibility index (Phi) is 4.73. The lowest BCUT2D eigenvalue weighted by atomic mass is 9.84. The Labute approximate surface area is 242 Å². The van der Waals surface area contributed by atoms with E-state index in [-0.39, 0.29) is 22.5 Å². The number of hydrogen-bond donors (Lipinski definition) is 0. The van der Waals surface area contributed by atoms with Gasteiger partial charge in [-0.15, -0.1) is 0 Å². The van der Waals surface area contributed by atoms with E-state index in [0.717, 1.165) is 62.8 Å². The minimum absolute atomic E-state index is 0.159. The van der Waals surface area contributed by atoms with Crippen molar-refractivity contribution < 1.29 is 9.85 Å². The Balaban J connectivity index is 1.64. The molecule has 0 spiro atoms. The quantitative estimate of drug-likeness (QED) is 0.108. The van der Waals surface area contributed by atoms with Crippen LogP contribution in [-0.2, 0) is 0 Å². The van der Waals surface area contributed by atoms with E-state index in [4.69, 9.17) is 0 Å². The second-order valence-electron chi connectivity index (χ2n) is 10.1. The Bertz CT molecular complexity index is 2210. The Morgan fingerprint density at radius 1 is 0.450 bits per heavy atom. The number of nitrogens with zero attached hydrogens (tertiary/aromatic N) is 2. The fraction of sp³-hybridized carbons (Fsp3) is 0. The first-order chi connectivity index (χ1) is 19.3. The van der Waals surface area contributed by atoms with E-state index in [9.17, 15) is 20.2 Å². The molecule has 0 saturated carbocycles. The van der Waals surface area contributed by atoms with Gasteiger partial charge in [0.1, 0.15) is 0 Å².